The van der Waals surface area contributed by atoms with Crippen LogP contribution in [-0.4, -0.2) is 23.7 Å². The van der Waals surface area contributed by atoms with Crippen LogP contribution in [0.4, 0.5) is 0 Å². The van der Waals surface area contributed by atoms with Gasteiger partial charge in [0.2, 0.25) is 0 Å². The van der Waals surface area contributed by atoms with Crippen LogP contribution in [0.5, 0.6) is 5.75 Å². The highest BCUT2D eigenvalue weighted by atomic mass is 79.9. The van der Waals surface area contributed by atoms with E-state index in [0.717, 1.165) is 14.6 Å². The van der Waals surface area contributed by atoms with Gasteiger partial charge in [0, 0.05) is 10.7 Å². The molecule has 2 N–H and O–H groups in total. The number of carbonyl (C=O) groups is 1. The molecule has 20 heavy (non-hydrogen) atoms. The average Bonchev–Trinajstić information content (AvgIpc) is 2.91. The van der Waals surface area contributed by atoms with Crippen molar-refractivity contribution in [3.05, 3.63) is 51.2 Å². The first-order valence-corrected chi connectivity index (χ1v) is 7.27. The van der Waals surface area contributed by atoms with E-state index in [4.69, 9.17) is 4.74 Å². The Morgan fingerprint density at radius 2 is 2.25 bits per heavy atom. The standard InChI is InChI=1S/C13H11Br2N3O2/c14-9-3-4-12(11(15)6-9)20-8-13(19)18-17-7-10-2-1-5-16-10/h1-7,16H,8H2,(H,18,19)/b17-7+. The molecule has 0 bridgehead atoms. The first-order valence-electron chi connectivity index (χ1n) is 5.68. The monoisotopic (exact) mass is 399 g/mol. The van der Waals surface area contributed by atoms with Gasteiger partial charge >= 0.3 is 0 Å². The minimum absolute atomic E-state index is 0.109. The molecule has 0 atom stereocenters. The number of ether oxygens (including phenoxy) is 1. The Labute approximate surface area is 132 Å². The van der Waals surface area contributed by atoms with Gasteiger partial charge in [0.1, 0.15) is 5.75 Å². The Morgan fingerprint density at radius 1 is 1.40 bits per heavy atom. The summed E-state index contributed by atoms with van der Waals surface area (Å²) in [6.45, 7) is -0.109. The van der Waals surface area contributed by atoms with Crippen molar-refractivity contribution >= 4 is 44.0 Å². The molecule has 0 aliphatic heterocycles. The van der Waals surface area contributed by atoms with E-state index in [-0.39, 0.29) is 12.5 Å². The number of aromatic nitrogens is 1. The minimum atomic E-state index is -0.331. The quantitative estimate of drug-likeness (QED) is 0.598. The molecule has 0 unspecified atom stereocenters. The predicted molar refractivity (Wildman–Crippen MR) is 83.9 cm³/mol. The summed E-state index contributed by atoms with van der Waals surface area (Å²) in [4.78, 5) is 14.5. The van der Waals surface area contributed by atoms with Crippen molar-refractivity contribution in [1.82, 2.24) is 10.4 Å². The summed E-state index contributed by atoms with van der Waals surface area (Å²) in [5.74, 6) is 0.263. The molecule has 0 spiro atoms. The van der Waals surface area contributed by atoms with Gasteiger partial charge in [-0.2, -0.15) is 5.10 Å². The number of H-pyrrole nitrogens is 1. The Hall–Kier alpha value is -1.60. The number of hydrogen-bond acceptors (Lipinski definition) is 3. The summed E-state index contributed by atoms with van der Waals surface area (Å²) < 4.78 is 7.08. The summed E-state index contributed by atoms with van der Waals surface area (Å²) in [6, 6.07) is 9.13. The van der Waals surface area contributed by atoms with Gasteiger partial charge in [-0.15, -0.1) is 0 Å². The number of halogens is 2. The number of amides is 1. The van der Waals surface area contributed by atoms with Gasteiger partial charge in [0.25, 0.3) is 5.91 Å². The zero-order chi connectivity index (χ0) is 14.4. The maximum atomic E-state index is 11.5. The largest absolute Gasteiger partial charge is 0.483 e. The third kappa shape index (κ3) is 4.50. The molecule has 2 rings (SSSR count). The van der Waals surface area contributed by atoms with Crippen molar-refractivity contribution in [2.24, 2.45) is 5.10 Å². The lowest BCUT2D eigenvalue weighted by molar-refractivity contribution is -0.123. The molecule has 1 heterocycles. The van der Waals surface area contributed by atoms with Crippen LogP contribution >= 0.6 is 31.9 Å². The van der Waals surface area contributed by atoms with Gasteiger partial charge in [-0.1, -0.05) is 15.9 Å². The second-order valence-corrected chi connectivity index (χ2v) is 5.55. The average molecular weight is 401 g/mol. The van der Waals surface area contributed by atoms with Crippen molar-refractivity contribution in [2.45, 2.75) is 0 Å². The lowest BCUT2D eigenvalue weighted by atomic mass is 10.3. The molecule has 1 aromatic heterocycles. The van der Waals surface area contributed by atoms with Crippen molar-refractivity contribution in [3.8, 4) is 5.75 Å². The fourth-order valence-corrected chi connectivity index (χ4v) is 2.53. The van der Waals surface area contributed by atoms with Crippen molar-refractivity contribution in [2.75, 3.05) is 6.61 Å². The van der Waals surface area contributed by atoms with Crippen LogP contribution in [0, 0.1) is 0 Å². The molecule has 0 aliphatic carbocycles. The number of carbonyl (C=O) groups excluding carboxylic acids is 1. The second-order valence-electron chi connectivity index (χ2n) is 3.78. The number of nitrogens with zero attached hydrogens (tertiary/aromatic N) is 1. The fraction of sp³-hybridized carbons (Fsp3) is 0.0769. The molecule has 5 nitrogen and oxygen atoms in total. The number of hydrogen-bond donors (Lipinski definition) is 2. The van der Waals surface area contributed by atoms with Gasteiger partial charge in [-0.3, -0.25) is 4.79 Å². The molecule has 0 saturated heterocycles. The highest BCUT2D eigenvalue weighted by Gasteiger charge is 2.05. The van der Waals surface area contributed by atoms with Crippen molar-refractivity contribution < 1.29 is 9.53 Å². The molecular weight excluding hydrogens is 390 g/mol. The maximum Gasteiger partial charge on any atom is 0.277 e. The molecule has 1 amide bonds. The van der Waals surface area contributed by atoms with Crippen LogP contribution in [0.3, 0.4) is 0 Å². The summed E-state index contributed by atoms with van der Waals surface area (Å²) in [5, 5.41) is 3.81. The normalized spacial score (nSPS) is 10.7. The van der Waals surface area contributed by atoms with Crippen LogP contribution in [0.1, 0.15) is 5.69 Å². The van der Waals surface area contributed by atoms with Crippen molar-refractivity contribution in [1.29, 1.82) is 0 Å². The Kier molecular flexibility index (Phi) is 5.37. The van der Waals surface area contributed by atoms with E-state index in [1.807, 2.05) is 24.3 Å². The van der Waals surface area contributed by atoms with Crippen molar-refractivity contribution in [3.63, 3.8) is 0 Å². The molecule has 0 radical (unpaired) electrons. The molecule has 104 valence electrons. The van der Waals surface area contributed by atoms with Gasteiger partial charge in [0.05, 0.1) is 16.4 Å². The first kappa shape index (κ1) is 14.8. The smallest absolute Gasteiger partial charge is 0.277 e. The lowest BCUT2D eigenvalue weighted by Crippen LogP contribution is -2.24. The first-order chi connectivity index (χ1) is 9.65. The summed E-state index contributed by atoms with van der Waals surface area (Å²) >= 11 is 6.70. The Balaban J connectivity index is 1.80. The number of hydrazone groups is 1. The Morgan fingerprint density at radius 3 is 2.95 bits per heavy atom. The van der Waals surface area contributed by atoms with Crippen LogP contribution in [-0.2, 0) is 4.79 Å². The van der Waals surface area contributed by atoms with E-state index in [1.54, 1.807) is 12.3 Å². The van der Waals surface area contributed by atoms with E-state index >= 15 is 0 Å². The fourth-order valence-electron chi connectivity index (χ4n) is 1.37. The van der Waals surface area contributed by atoms with Crippen LogP contribution < -0.4 is 10.2 Å². The zero-order valence-electron chi connectivity index (χ0n) is 10.3. The van der Waals surface area contributed by atoms with E-state index in [1.165, 1.54) is 6.21 Å². The third-order valence-electron chi connectivity index (χ3n) is 2.27. The predicted octanol–water partition coefficient (Wildman–Crippen LogP) is 3.07. The number of benzene rings is 1. The zero-order valence-corrected chi connectivity index (χ0v) is 13.4. The van der Waals surface area contributed by atoms with Gasteiger partial charge < -0.3 is 9.72 Å². The maximum absolute atomic E-state index is 11.5. The van der Waals surface area contributed by atoms with Crippen LogP contribution in [0.2, 0.25) is 0 Å². The topological polar surface area (TPSA) is 66.5 Å². The third-order valence-corrected chi connectivity index (χ3v) is 3.38. The summed E-state index contributed by atoms with van der Waals surface area (Å²) in [5.41, 5.74) is 3.19. The number of rotatable bonds is 5. The highest BCUT2D eigenvalue weighted by Crippen LogP contribution is 2.27. The van der Waals surface area contributed by atoms with E-state index < -0.39 is 0 Å². The minimum Gasteiger partial charge on any atom is -0.483 e. The van der Waals surface area contributed by atoms with Gasteiger partial charge in [0.15, 0.2) is 6.61 Å². The van der Waals surface area contributed by atoms with E-state index in [2.05, 4.69) is 47.4 Å². The SMILES string of the molecule is O=C(COc1ccc(Br)cc1Br)N/N=C/c1ccc[nH]1. The molecule has 7 heteroatoms. The number of nitrogens with one attached hydrogen (secondary N) is 2. The summed E-state index contributed by atoms with van der Waals surface area (Å²) in [7, 11) is 0. The number of aromatic amines is 1. The van der Waals surface area contributed by atoms with Crippen LogP contribution in [0.15, 0.2) is 50.6 Å². The molecule has 0 aliphatic rings. The van der Waals surface area contributed by atoms with Gasteiger partial charge in [-0.25, -0.2) is 5.43 Å². The molecule has 0 saturated carbocycles. The lowest BCUT2D eigenvalue weighted by Gasteiger charge is -2.07. The van der Waals surface area contributed by atoms with E-state index in [9.17, 15) is 4.79 Å². The summed E-state index contributed by atoms with van der Waals surface area (Å²) in [6.07, 6.45) is 3.30. The molecule has 1 aromatic carbocycles. The molecular formula is C13H11Br2N3O2. The Bertz CT molecular complexity index is 612. The van der Waals surface area contributed by atoms with Crippen LogP contribution in [0.25, 0.3) is 0 Å². The molecule has 0 fully saturated rings. The molecule has 2 aromatic rings. The van der Waals surface area contributed by atoms with E-state index in [0.29, 0.717) is 5.75 Å². The van der Waals surface area contributed by atoms with Gasteiger partial charge in [-0.05, 0) is 46.3 Å². The second kappa shape index (κ2) is 7.25. The highest BCUT2D eigenvalue weighted by molar-refractivity contribution is 9.11.